The number of carbonyl (C=O) groups is 6. The van der Waals surface area contributed by atoms with Gasteiger partial charge in [-0.2, -0.15) is 25.3 Å². The Bertz CT molecular complexity index is 2920. The van der Waals surface area contributed by atoms with E-state index in [0.29, 0.717) is 0 Å². The minimum Gasteiger partial charge on any atom is -0.479 e. The lowest BCUT2D eigenvalue weighted by molar-refractivity contribution is -0.376. The van der Waals surface area contributed by atoms with Gasteiger partial charge in [0.2, 0.25) is 17.7 Å². The van der Waals surface area contributed by atoms with E-state index in [1.165, 1.54) is 0 Å². The first kappa shape index (κ1) is 75.6. The van der Waals surface area contributed by atoms with Crippen molar-refractivity contribution in [3.63, 3.8) is 0 Å². The van der Waals surface area contributed by atoms with Crippen LogP contribution >= 0.6 is 0 Å². The largest absolute Gasteiger partial charge is 0.479 e. The third kappa shape index (κ3) is 18.9. The van der Waals surface area contributed by atoms with Gasteiger partial charge in [-0.3, -0.25) is 28.0 Å². The lowest BCUT2D eigenvalue weighted by Gasteiger charge is -2.50. The molecule has 6 fully saturated rings. The number of aliphatic hydroxyl groups excluding tert-OH is 11. The first-order valence-corrected chi connectivity index (χ1v) is 30.1. The van der Waals surface area contributed by atoms with Crippen LogP contribution < -0.4 is 16.0 Å². The first-order chi connectivity index (χ1) is 42.0. The molecule has 20 N–H and O–H groups in total. The number of rotatable bonds is 25. The maximum Gasteiger partial charge on any atom is 0.397 e. The molecule has 1 unspecified atom stereocenters. The van der Waals surface area contributed by atoms with E-state index < -0.39 is 271 Å². The van der Waals surface area contributed by atoms with E-state index in [2.05, 4.69) is 28.5 Å². The molecule has 6 heterocycles. The van der Waals surface area contributed by atoms with Crippen LogP contribution in [0.15, 0.2) is 0 Å². The molecule has 0 aromatic rings. The van der Waals surface area contributed by atoms with E-state index in [4.69, 9.17) is 56.7 Å². The Balaban J connectivity index is 1.32. The zero-order chi connectivity index (χ0) is 68.4. The standard InChI is InChI=1S/C42H65N3O43S3/c1-7(46)43-13-26(16(49)10(78-37(13)65)4-75-89(66,67)68)81-41-24(57)21(54)29(32(87-41)35(61)62)84-39-15(45-9(3)48)28(18(51)12(80-39)6-77-91(72,73)74)83-42-25(58)22(55)30(33(88-42)36(63)64)85-38-14(44-8(2)47)27(17(50)11(79-38)5-76-90(69,70)71)82-40-23(56)19(52)20(53)31(86-40)34(59)60/h10-33,37-42,49-58,65H,4-6H2,1-3H3,(H,43,46)(H,44,47)(H,45,48)(H,59,60)(H,61,62)(H,63,64)(H,66,67,68)(H,69,70,71)(H,72,73,74)/t10-,11-,12-,13-,14-,15-,16+,17+,18+,19+,20+,21-,22-,23-,24-,25-,26-,27-,28-,29+,30+,31+,32+,33+,37?,38+,39+,40-,41-,42-/m1/s1. The van der Waals surface area contributed by atoms with Crippen molar-refractivity contribution in [3.8, 4) is 0 Å². The summed E-state index contributed by atoms with van der Waals surface area (Å²) in [5.74, 6) is -9.56. The lowest BCUT2D eigenvalue weighted by atomic mass is 9.93. The van der Waals surface area contributed by atoms with Crippen molar-refractivity contribution in [1.29, 1.82) is 0 Å². The van der Waals surface area contributed by atoms with Crippen LogP contribution in [0.2, 0.25) is 0 Å². The minimum absolute atomic E-state index is 0.756. The van der Waals surface area contributed by atoms with Crippen LogP contribution in [-0.4, -0.2) is 350 Å². The summed E-state index contributed by atoms with van der Waals surface area (Å²) in [7, 11) is -16.2. The molecule has 0 aliphatic carbocycles. The molecular weight excluding hydrogens is 1330 g/mol. The van der Waals surface area contributed by atoms with Gasteiger partial charge in [0.1, 0.15) is 128 Å². The quantitative estimate of drug-likeness (QED) is 0.0377. The Morgan fingerprint density at radius 1 is 0.341 bits per heavy atom. The van der Waals surface area contributed by atoms with E-state index in [9.17, 15) is 135 Å². The fourth-order valence-electron chi connectivity index (χ4n) is 10.1. The number of nitrogens with one attached hydrogen (secondary N) is 3. The Labute approximate surface area is 510 Å². The number of carbonyl (C=O) groups excluding carboxylic acids is 3. The first-order valence-electron chi connectivity index (χ1n) is 26.0. The summed E-state index contributed by atoms with van der Waals surface area (Å²) in [6.07, 6.45) is -66.6. The van der Waals surface area contributed by atoms with E-state index >= 15 is 0 Å². The zero-order valence-corrected chi connectivity index (χ0v) is 48.8. The van der Waals surface area contributed by atoms with Crippen LogP contribution in [0, 0.1) is 0 Å². The van der Waals surface area contributed by atoms with Crippen molar-refractivity contribution < 1.29 is 204 Å². The van der Waals surface area contributed by atoms with Crippen LogP contribution in [0.4, 0.5) is 0 Å². The van der Waals surface area contributed by atoms with E-state index in [0.717, 1.165) is 20.8 Å². The minimum atomic E-state index is -5.53. The molecule has 30 atom stereocenters. The average Bonchev–Trinajstić information content (AvgIpc) is 0.784. The predicted molar refractivity (Wildman–Crippen MR) is 267 cm³/mol. The predicted octanol–water partition coefficient (Wildman–Crippen LogP) is -13.9. The van der Waals surface area contributed by atoms with Crippen LogP contribution in [0.1, 0.15) is 20.8 Å². The molecule has 6 rings (SSSR count). The van der Waals surface area contributed by atoms with Gasteiger partial charge in [-0.1, -0.05) is 0 Å². The maximum atomic E-state index is 13.1. The summed E-state index contributed by atoms with van der Waals surface area (Å²) in [5, 5.41) is 160. The second kappa shape index (κ2) is 30.5. The molecule has 0 aromatic carbocycles. The van der Waals surface area contributed by atoms with Crippen molar-refractivity contribution in [3.05, 3.63) is 0 Å². The molecule has 0 spiro atoms. The highest BCUT2D eigenvalue weighted by atomic mass is 32.3. The summed E-state index contributed by atoms with van der Waals surface area (Å²) < 4.78 is 171. The normalized spacial score (nSPS) is 42.6. The van der Waals surface area contributed by atoms with E-state index in [1.807, 2.05) is 0 Å². The van der Waals surface area contributed by atoms with Gasteiger partial charge in [0, 0.05) is 20.8 Å². The highest BCUT2D eigenvalue weighted by Crippen LogP contribution is 2.38. The van der Waals surface area contributed by atoms with Crippen molar-refractivity contribution in [1.82, 2.24) is 16.0 Å². The molecule has 49 heteroatoms. The van der Waals surface area contributed by atoms with Gasteiger partial charge < -0.3 is 140 Å². The molecule has 6 aliphatic rings. The molecule has 0 radical (unpaired) electrons. The van der Waals surface area contributed by atoms with Gasteiger partial charge in [0.15, 0.2) is 56.1 Å². The topological polar surface area (TPSA) is 714 Å². The summed E-state index contributed by atoms with van der Waals surface area (Å²) in [6.45, 7) is -1.81. The number of aliphatic carboxylic acids is 3. The number of hydrogen-bond acceptors (Lipinski definition) is 37. The number of aliphatic hydroxyl groups is 11. The van der Waals surface area contributed by atoms with E-state index in [-0.39, 0.29) is 0 Å². The SMILES string of the molecule is CC(=O)N[C@H]1[C@H](O[C@H]2[C@H](O)[C@@H](O)[C@H](O[C@H]3[C@@H](O)[C@@H](COS(=O)(=O)O)O[C@@H](O[C@H]4[C@H](O)[C@@H](O)[C@H](O[C@H]5[C@@H](O)[C@@H](COS(=O)(=O)O)OC(O)[C@@H]5NC(C)=O)O[C@@H]4C(=O)O)[C@@H]3NC(C)=O)O[C@@H]2C(=O)O)O[C@H](COS(=O)(=O)O)[C@H](O)[C@@H]1O[C@@H]1O[C@H](C(=O)O)[C@@H](O)[C@H](O)[C@H]1O. The third-order valence-electron chi connectivity index (χ3n) is 14.1. The maximum absolute atomic E-state index is 13.1. The van der Waals surface area contributed by atoms with Crippen molar-refractivity contribution in [2.45, 2.75) is 205 Å². The number of carboxylic acid groups (broad SMARTS) is 3. The molecule has 6 aliphatic heterocycles. The van der Waals surface area contributed by atoms with Crippen LogP contribution in [-0.2, 0) is 125 Å². The fourth-order valence-corrected chi connectivity index (χ4v) is 11.0. The summed E-state index contributed by atoms with van der Waals surface area (Å²) in [5.41, 5.74) is 0. The Hall–Kier alpha value is -4.45. The van der Waals surface area contributed by atoms with E-state index in [1.54, 1.807) is 0 Å². The van der Waals surface area contributed by atoms with Crippen LogP contribution in [0.25, 0.3) is 0 Å². The van der Waals surface area contributed by atoms with Gasteiger partial charge in [-0.15, -0.1) is 0 Å². The van der Waals surface area contributed by atoms with Crippen molar-refractivity contribution >= 4 is 66.8 Å². The smallest absolute Gasteiger partial charge is 0.397 e. The molecule has 6 saturated heterocycles. The average molecular weight is 1400 g/mol. The summed E-state index contributed by atoms with van der Waals surface area (Å²) in [6, 6.07) is -6.37. The summed E-state index contributed by atoms with van der Waals surface area (Å²) in [4.78, 5) is 75.7. The molecule has 0 bridgehead atoms. The Morgan fingerprint density at radius 2 is 0.615 bits per heavy atom. The monoisotopic (exact) mass is 1400 g/mol. The zero-order valence-electron chi connectivity index (χ0n) is 46.4. The van der Waals surface area contributed by atoms with Crippen LogP contribution in [0.5, 0.6) is 0 Å². The van der Waals surface area contributed by atoms with Gasteiger partial charge in [0.25, 0.3) is 0 Å². The molecule has 0 aromatic heterocycles. The molecule has 46 nitrogen and oxygen atoms in total. The highest BCUT2D eigenvalue weighted by Gasteiger charge is 2.60. The lowest BCUT2D eigenvalue weighted by Crippen LogP contribution is -2.71. The van der Waals surface area contributed by atoms with Crippen molar-refractivity contribution in [2.75, 3.05) is 19.8 Å². The molecule has 91 heavy (non-hydrogen) atoms. The van der Waals surface area contributed by atoms with Gasteiger partial charge in [-0.05, 0) is 0 Å². The van der Waals surface area contributed by atoms with Crippen molar-refractivity contribution in [2.24, 2.45) is 0 Å². The van der Waals surface area contributed by atoms with Gasteiger partial charge in [0.05, 0.1) is 19.8 Å². The fraction of sp³-hybridized carbons (Fsp3) is 0.857. The van der Waals surface area contributed by atoms with Crippen LogP contribution in [0.3, 0.4) is 0 Å². The van der Waals surface area contributed by atoms with Gasteiger partial charge >= 0.3 is 49.1 Å². The molecule has 3 amide bonds. The molecule has 524 valence electrons. The Kier molecular flexibility index (Phi) is 25.3. The highest BCUT2D eigenvalue weighted by molar-refractivity contribution is 7.81. The Morgan fingerprint density at radius 3 is 0.923 bits per heavy atom. The molecule has 0 saturated carbocycles. The van der Waals surface area contributed by atoms with Gasteiger partial charge in [-0.25, -0.2) is 26.9 Å². The second-order valence-corrected chi connectivity index (χ2v) is 23.9. The third-order valence-corrected chi connectivity index (χ3v) is 15.4. The number of carboxylic acids is 3. The molecular formula is C42H65N3O43S3. The number of hydrogen-bond donors (Lipinski definition) is 20. The second-order valence-electron chi connectivity index (χ2n) is 20.7. The number of amides is 3. The number of ether oxygens (including phenoxy) is 11. The summed E-state index contributed by atoms with van der Waals surface area (Å²) >= 11 is 0.